The van der Waals surface area contributed by atoms with E-state index in [1.807, 2.05) is 12.1 Å². The summed E-state index contributed by atoms with van der Waals surface area (Å²) in [5.74, 6) is 4.35. The number of nitrogens with zero attached hydrogens (tertiary/aromatic N) is 2. The zero-order valence-electron chi connectivity index (χ0n) is 9.07. The third-order valence-corrected chi connectivity index (χ3v) is 1.35. The molecule has 1 aromatic rings. The van der Waals surface area contributed by atoms with Gasteiger partial charge in [0.05, 0.1) is 11.1 Å². The molecule has 0 atom stereocenters. The van der Waals surface area contributed by atoms with Crippen molar-refractivity contribution in [3.8, 4) is 12.1 Å². The topological polar surface area (TPSA) is 174 Å². The summed E-state index contributed by atoms with van der Waals surface area (Å²) >= 11 is 0. The molecule has 0 radical (unpaired) electrons. The maximum Gasteiger partial charge on any atom is 0.414 e. The molecule has 0 bridgehead atoms. The summed E-state index contributed by atoms with van der Waals surface area (Å²) in [6, 6.07) is 10.6. The van der Waals surface area contributed by atoms with Crippen LogP contribution in [-0.4, -0.2) is 22.2 Å². The smallest absolute Gasteiger partial charge is 0.414 e. The second-order valence-electron chi connectivity index (χ2n) is 2.38. The summed E-state index contributed by atoms with van der Waals surface area (Å²) < 4.78 is 0. The summed E-state index contributed by atoms with van der Waals surface area (Å²) in [6.07, 6.45) is 0. The third-order valence-electron chi connectivity index (χ3n) is 1.35. The Hall–Kier alpha value is -2.94. The minimum Gasteiger partial charge on any atom is -0.473 e. The van der Waals surface area contributed by atoms with E-state index in [4.69, 9.17) is 30.3 Å². The van der Waals surface area contributed by atoms with Gasteiger partial charge in [-0.15, -0.1) is 0 Å². The first kappa shape index (κ1) is 17.5. The molecule has 0 saturated heterocycles. The van der Waals surface area contributed by atoms with Crippen LogP contribution in [-0.2, 0) is 9.59 Å². The predicted octanol–water partition coefficient (Wildman–Crippen LogP) is -0.596. The first-order chi connectivity index (χ1) is 8.52. The van der Waals surface area contributed by atoms with E-state index in [0.29, 0.717) is 11.1 Å². The second kappa shape index (κ2) is 10.6. The van der Waals surface area contributed by atoms with Gasteiger partial charge in [-0.3, -0.25) is 11.7 Å². The van der Waals surface area contributed by atoms with E-state index in [-0.39, 0.29) is 0 Å². The van der Waals surface area contributed by atoms with E-state index in [1.165, 1.54) is 0 Å². The molecule has 0 saturated carbocycles. The quantitative estimate of drug-likeness (QED) is 0.268. The Bertz CT molecular complexity index is 442. The highest BCUT2D eigenvalue weighted by Crippen LogP contribution is 2.03. The van der Waals surface area contributed by atoms with Crippen molar-refractivity contribution < 1.29 is 19.8 Å². The van der Waals surface area contributed by atoms with Crippen LogP contribution in [0.5, 0.6) is 0 Å². The number of hydrazine groups is 1. The fourth-order valence-corrected chi connectivity index (χ4v) is 0.678. The lowest BCUT2D eigenvalue weighted by Gasteiger charge is -1.88. The minimum absolute atomic E-state index is 0.435. The fourth-order valence-electron chi connectivity index (χ4n) is 0.678. The van der Waals surface area contributed by atoms with Crippen LogP contribution in [0.2, 0.25) is 0 Å². The standard InChI is InChI=1S/C8H4N2.C2H2O4.H4N2/c9-5-7-3-1-2-4-8(7)6-10;3-1(4)2(5)6;1-2/h1-4H;(H,3,4)(H,5,6);1-2H2. The molecule has 0 spiro atoms. The summed E-state index contributed by atoms with van der Waals surface area (Å²) in [7, 11) is 0. The van der Waals surface area contributed by atoms with Crippen LogP contribution >= 0.6 is 0 Å². The SMILES string of the molecule is N#Cc1ccccc1C#N.NN.O=C(O)C(=O)O. The average molecular weight is 250 g/mol. The molecule has 0 heterocycles. The van der Waals surface area contributed by atoms with Crippen molar-refractivity contribution in [2.24, 2.45) is 11.7 Å². The molecular weight excluding hydrogens is 240 g/mol. The lowest BCUT2D eigenvalue weighted by Crippen LogP contribution is -2.09. The fraction of sp³-hybridized carbons (Fsp3) is 0. The van der Waals surface area contributed by atoms with E-state index in [1.54, 1.807) is 24.3 Å². The molecule has 6 N–H and O–H groups in total. The van der Waals surface area contributed by atoms with Crippen LogP contribution in [0.3, 0.4) is 0 Å². The number of carboxylic acids is 2. The number of nitrogens with two attached hydrogens (primary N) is 2. The van der Waals surface area contributed by atoms with Gasteiger partial charge in [0, 0.05) is 0 Å². The number of hydrogen-bond donors (Lipinski definition) is 4. The highest BCUT2D eigenvalue weighted by Gasteiger charge is 2.04. The molecule has 0 amide bonds. The van der Waals surface area contributed by atoms with Crippen molar-refractivity contribution in [2.75, 3.05) is 0 Å². The molecule has 0 aliphatic rings. The van der Waals surface area contributed by atoms with Gasteiger partial charge >= 0.3 is 11.9 Å². The highest BCUT2D eigenvalue weighted by atomic mass is 16.4. The number of benzene rings is 1. The van der Waals surface area contributed by atoms with Crippen molar-refractivity contribution in [1.82, 2.24) is 0 Å². The van der Waals surface area contributed by atoms with Gasteiger partial charge in [0.1, 0.15) is 12.1 Å². The van der Waals surface area contributed by atoms with E-state index < -0.39 is 11.9 Å². The number of carbonyl (C=O) groups is 2. The number of aliphatic carboxylic acids is 2. The van der Waals surface area contributed by atoms with Crippen LogP contribution in [0.4, 0.5) is 0 Å². The van der Waals surface area contributed by atoms with Crippen molar-refractivity contribution in [2.45, 2.75) is 0 Å². The Kier molecular flexibility index (Phi) is 10.3. The Morgan fingerprint density at radius 3 is 1.39 bits per heavy atom. The van der Waals surface area contributed by atoms with Crippen LogP contribution in [0.15, 0.2) is 24.3 Å². The number of carboxylic acid groups (broad SMARTS) is 2. The van der Waals surface area contributed by atoms with Gasteiger partial charge in [-0.2, -0.15) is 10.5 Å². The molecular formula is C10H10N4O4. The molecule has 94 valence electrons. The average Bonchev–Trinajstić information content (AvgIpc) is 2.41. The maximum absolute atomic E-state index is 9.10. The van der Waals surface area contributed by atoms with E-state index >= 15 is 0 Å². The predicted molar refractivity (Wildman–Crippen MR) is 59.5 cm³/mol. The summed E-state index contributed by atoms with van der Waals surface area (Å²) in [4.78, 5) is 18.2. The highest BCUT2D eigenvalue weighted by molar-refractivity contribution is 6.27. The Morgan fingerprint density at radius 2 is 1.22 bits per heavy atom. The van der Waals surface area contributed by atoms with Gasteiger partial charge in [0.2, 0.25) is 0 Å². The Labute approximate surface area is 102 Å². The van der Waals surface area contributed by atoms with E-state index in [9.17, 15) is 0 Å². The summed E-state index contributed by atoms with van der Waals surface area (Å²) in [5.41, 5.74) is 0.870. The zero-order valence-corrected chi connectivity index (χ0v) is 9.07. The molecule has 1 aromatic carbocycles. The third kappa shape index (κ3) is 7.36. The Morgan fingerprint density at radius 1 is 0.944 bits per heavy atom. The molecule has 8 nitrogen and oxygen atoms in total. The van der Waals surface area contributed by atoms with Crippen molar-refractivity contribution in [3.05, 3.63) is 35.4 Å². The van der Waals surface area contributed by atoms with Gasteiger partial charge in [-0.25, -0.2) is 9.59 Å². The van der Waals surface area contributed by atoms with E-state index in [0.717, 1.165) is 0 Å². The van der Waals surface area contributed by atoms with Crippen LogP contribution in [0, 0.1) is 22.7 Å². The van der Waals surface area contributed by atoms with Gasteiger partial charge in [-0.1, -0.05) is 12.1 Å². The van der Waals surface area contributed by atoms with Gasteiger partial charge < -0.3 is 10.2 Å². The molecule has 0 aliphatic heterocycles. The van der Waals surface area contributed by atoms with Crippen molar-refractivity contribution in [3.63, 3.8) is 0 Å². The first-order valence-corrected chi connectivity index (χ1v) is 4.21. The van der Waals surface area contributed by atoms with Crippen molar-refractivity contribution >= 4 is 11.9 Å². The van der Waals surface area contributed by atoms with Gasteiger partial charge in [0.15, 0.2) is 0 Å². The van der Waals surface area contributed by atoms with Crippen LogP contribution in [0.25, 0.3) is 0 Å². The first-order valence-electron chi connectivity index (χ1n) is 4.21. The normalized spacial score (nSPS) is 7.11. The van der Waals surface area contributed by atoms with Crippen LogP contribution < -0.4 is 11.7 Å². The number of rotatable bonds is 0. The largest absolute Gasteiger partial charge is 0.473 e. The second-order valence-corrected chi connectivity index (χ2v) is 2.38. The molecule has 0 fully saturated rings. The van der Waals surface area contributed by atoms with Gasteiger partial charge in [0.25, 0.3) is 0 Å². The summed E-state index contributed by atoms with van der Waals surface area (Å²) in [5, 5.41) is 31.7. The lowest BCUT2D eigenvalue weighted by molar-refractivity contribution is -0.159. The maximum atomic E-state index is 9.10. The number of nitriles is 2. The lowest BCUT2D eigenvalue weighted by atomic mass is 10.1. The summed E-state index contributed by atoms with van der Waals surface area (Å²) in [6.45, 7) is 0. The molecule has 1 rings (SSSR count). The monoisotopic (exact) mass is 250 g/mol. The molecule has 8 heteroatoms. The zero-order chi connectivity index (χ0) is 14.6. The number of hydrogen-bond acceptors (Lipinski definition) is 6. The van der Waals surface area contributed by atoms with Crippen LogP contribution in [0.1, 0.15) is 11.1 Å². The Balaban J connectivity index is 0. The van der Waals surface area contributed by atoms with Crippen molar-refractivity contribution in [1.29, 1.82) is 10.5 Å². The molecule has 0 aromatic heterocycles. The molecule has 18 heavy (non-hydrogen) atoms. The van der Waals surface area contributed by atoms with Gasteiger partial charge in [-0.05, 0) is 12.1 Å². The molecule has 0 aliphatic carbocycles. The molecule has 0 unspecified atom stereocenters. The minimum atomic E-state index is -1.82. The van der Waals surface area contributed by atoms with E-state index in [2.05, 4.69) is 11.7 Å².